The Labute approximate surface area is 151 Å². The summed E-state index contributed by atoms with van der Waals surface area (Å²) in [5.41, 5.74) is 3.42. The second-order valence-electron chi connectivity index (χ2n) is 5.76. The summed E-state index contributed by atoms with van der Waals surface area (Å²) in [6.45, 7) is 1.97. The van der Waals surface area contributed by atoms with Gasteiger partial charge in [0.25, 0.3) is 0 Å². The van der Waals surface area contributed by atoms with Crippen molar-refractivity contribution >= 4 is 28.3 Å². The normalized spacial score (nSPS) is 10.8. The average Bonchev–Trinajstić information content (AvgIpc) is 2.62. The molecule has 3 rings (SSSR count). The third kappa shape index (κ3) is 3.68. The van der Waals surface area contributed by atoms with Crippen molar-refractivity contribution < 1.29 is 14.6 Å². The molecule has 0 fully saturated rings. The summed E-state index contributed by atoms with van der Waals surface area (Å²) < 4.78 is 5.13. The van der Waals surface area contributed by atoms with E-state index in [9.17, 15) is 9.90 Å². The maximum Gasteiger partial charge on any atom is 0.310 e. The monoisotopic (exact) mass is 354 g/mol. The van der Waals surface area contributed by atoms with Gasteiger partial charge in [0.2, 0.25) is 0 Å². The van der Waals surface area contributed by atoms with Crippen LogP contribution < -0.4 is 0 Å². The van der Waals surface area contributed by atoms with Crippen LogP contribution in [0.3, 0.4) is 0 Å². The van der Waals surface area contributed by atoms with E-state index in [0.29, 0.717) is 11.6 Å². The predicted molar refractivity (Wildman–Crippen MR) is 101 cm³/mol. The molecule has 0 spiro atoms. The molecule has 3 nitrogen and oxygen atoms in total. The van der Waals surface area contributed by atoms with Crippen LogP contribution in [0.25, 0.3) is 21.9 Å². The highest BCUT2D eigenvalue weighted by Crippen LogP contribution is 2.36. The first kappa shape index (κ1) is 17.5. The van der Waals surface area contributed by atoms with Gasteiger partial charge in [-0.15, -0.1) is 0 Å². The molecule has 0 bridgehead atoms. The Morgan fingerprint density at radius 3 is 2.52 bits per heavy atom. The van der Waals surface area contributed by atoms with Crippen LogP contribution in [-0.4, -0.2) is 17.7 Å². The van der Waals surface area contributed by atoms with Crippen LogP contribution in [0.1, 0.15) is 18.1 Å². The third-order valence-corrected chi connectivity index (χ3v) is 4.43. The molecular formula is C21H19ClO3. The van der Waals surface area contributed by atoms with Crippen molar-refractivity contribution in [1.82, 2.24) is 0 Å². The molecular weight excluding hydrogens is 336 g/mol. The van der Waals surface area contributed by atoms with E-state index >= 15 is 0 Å². The zero-order valence-electron chi connectivity index (χ0n) is 14.0. The van der Waals surface area contributed by atoms with Crippen molar-refractivity contribution in [1.29, 1.82) is 0 Å². The fourth-order valence-electron chi connectivity index (χ4n) is 3.09. The van der Waals surface area contributed by atoms with E-state index < -0.39 is 0 Å². The number of halogens is 1. The van der Waals surface area contributed by atoms with E-state index in [2.05, 4.69) is 0 Å². The van der Waals surface area contributed by atoms with Gasteiger partial charge in [-0.3, -0.25) is 4.79 Å². The van der Waals surface area contributed by atoms with Gasteiger partial charge in [0.15, 0.2) is 0 Å². The van der Waals surface area contributed by atoms with Crippen LogP contribution in [0, 0.1) is 0 Å². The Morgan fingerprint density at radius 1 is 1.12 bits per heavy atom. The quantitative estimate of drug-likeness (QED) is 0.672. The summed E-state index contributed by atoms with van der Waals surface area (Å²) in [5.74, 6) is -0.303. The van der Waals surface area contributed by atoms with E-state index in [0.717, 1.165) is 33.0 Å². The van der Waals surface area contributed by atoms with Crippen molar-refractivity contribution in [3.63, 3.8) is 0 Å². The van der Waals surface area contributed by atoms with E-state index in [4.69, 9.17) is 16.3 Å². The summed E-state index contributed by atoms with van der Waals surface area (Å²) in [5, 5.41) is 12.6. The number of hydrogen-bond donors (Lipinski definition) is 1. The van der Waals surface area contributed by atoms with Crippen LogP contribution in [0.15, 0.2) is 54.6 Å². The van der Waals surface area contributed by atoms with Gasteiger partial charge in [-0.05, 0) is 58.1 Å². The smallest absolute Gasteiger partial charge is 0.310 e. The highest BCUT2D eigenvalue weighted by atomic mass is 35.5. The number of esters is 1. The molecule has 0 amide bonds. The Kier molecular flexibility index (Phi) is 5.37. The number of carbonyl (C=O) groups is 1. The fraction of sp³-hybridized carbons (Fsp3) is 0.190. The van der Waals surface area contributed by atoms with Gasteiger partial charge in [-0.2, -0.15) is 0 Å². The molecule has 4 heteroatoms. The van der Waals surface area contributed by atoms with Crippen LogP contribution in [-0.2, 0) is 22.6 Å². The summed E-state index contributed by atoms with van der Waals surface area (Å²) >= 11 is 6.03. The standard InChI is InChI=1S/C21H19ClO3/c1-2-25-20(24)12-19-16(13-23)11-15-5-3-4-6-18(15)21(19)14-7-9-17(22)10-8-14/h3-11,23H,2,12-13H2,1H3. The molecule has 3 aromatic rings. The summed E-state index contributed by atoms with van der Waals surface area (Å²) in [6, 6.07) is 17.4. The molecule has 0 aliphatic rings. The highest BCUT2D eigenvalue weighted by molar-refractivity contribution is 6.30. The van der Waals surface area contributed by atoms with Gasteiger partial charge in [0, 0.05) is 5.02 Å². The number of carbonyl (C=O) groups excluding carboxylic acids is 1. The van der Waals surface area contributed by atoms with Gasteiger partial charge in [0.1, 0.15) is 0 Å². The number of rotatable bonds is 5. The average molecular weight is 355 g/mol. The fourth-order valence-corrected chi connectivity index (χ4v) is 3.22. The Bertz CT molecular complexity index is 901. The number of aliphatic hydroxyl groups excluding tert-OH is 1. The molecule has 0 aliphatic heterocycles. The van der Waals surface area contributed by atoms with Crippen LogP contribution in [0.5, 0.6) is 0 Å². The maximum absolute atomic E-state index is 12.1. The lowest BCUT2D eigenvalue weighted by atomic mass is 9.88. The number of hydrogen-bond acceptors (Lipinski definition) is 3. The topological polar surface area (TPSA) is 46.5 Å². The minimum Gasteiger partial charge on any atom is -0.466 e. The second kappa shape index (κ2) is 7.68. The van der Waals surface area contributed by atoms with Crippen molar-refractivity contribution in [2.75, 3.05) is 6.61 Å². The molecule has 0 aliphatic carbocycles. The molecule has 25 heavy (non-hydrogen) atoms. The molecule has 0 atom stereocenters. The van der Waals surface area contributed by atoms with Gasteiger partial charge in [-0.25, -0.2) is 0 Å². The minimum atomic E-state index is -0.303. The van der Waals surface area contributed by atoms with Crippen LogP contribution in [0.4, 0.5) is 0 Å². The van der Waals surface area contributed by atoms with E-state index in [1.165, 1.54) is 0 Å². The first-order valence-electron chi connectivity index (χ1n) is 8.20. The molecule has 0 unspecified atom stereocenters. The summed E-state index contributed by atoms with van der Waals surface area (Å²) in [4.78, 5) is 12.1. The first-order valence-corrected chi connectivity index (χ1v) is 8.57. The first-order chi connectivity index (χ1) is 12.1. The van der Waals surface area contributed by atoms with Crippen LogP contribution >= 0.6 is 11.6 Å². The molecule has 3 aromatic carbocycles. The lowest BCUT2D eigenvalue weighted by Crippen LogP contribution is -2.11. The second-order valence-corrected chi connectivity index (χ2v) is 6.19. The molecule has 0 aromatic heterocycles. The van der Waals surface area contributed by atoms with Crippen molar-refractivity contribution in [2.45, 2.75) is 20.0 Å². The SMILES string of the molecule is CCOC(=O)Cc1c(CO)cc2ccccc2c1-c1ccc(Cl)cc1. The van der Waals surface area contributed by atoms with Crippen molar-refractivity contribution in [2.24, 2.45) is 0 Å². The van der Waals surface area contributed by atoms with Crippen molar-refractivity contribution in [3.8, 4) is 11.1 Å². The summed E-state index contributed by atoms with van der Waals surface area (Å²) in [7, 11) is 0. The number of fused-ring (bicyclic) bond motifs is 1. The molecule has 1 N–H and O–H groups in total. The van der Waals surface area contributed by atoms with Gasteiger partial charge < -0.3 is 9.84 Å². The Balaban J connectivity index is 2.28. The van der Waals surface area contributed by atoms with E-state index in [1.807, 2.05) is 54.6 Å². The molecule has 0 radical (unpaired) electrons. The van der Waals surface area contributed by atoms with Gasteiger partial charge in [0.05, 0.1) is 19.6 Å². The Morgan fingerprint density at radius 2 is 1.84 bits per heavy atom. The minimum absolute atomic E-state index is 0.118. The molecule has 128 valence electrons. The molecule has 0 heterocycles. The van der Waals surface area contributed by atoms with Gasteiger partial charge in [-0.1, -0.05) is 48.0 Å². The molecule has 0 saturated carbocycles. The lowest BCUT2D eigenvalue weighted by molar-refractivity contribution is -0.142. The zero-order chi connectivity index (χ0) is 17.8. The van der Waals surface area contributed by atoms with E-state index in [-0.39, 0.29) is 19.0 Å². The number of aliphatic hydroxyl groups is 1. The maximum atomic E-state index is 12.1. The Hall–Kier alpha value is -2.36. The largest absolute Gasteiger partial charge is 0.466 e. The van der Waals surface area contributed by atoms with E-state index in [1.54, 1.807) is 6.92 Å². The predicted octanol–water partition coefficient (Wildman–Crippen LogP) is 4.76. The number of ether oxygens (including phenoxy) is 1. The van der Waals surface area contributed by atoms with Gasteiger partial charge >= 0.3 is 5.97 Å². The third-order valence-electron chi connectivity index (χ3n) is 4.18. The lowest BCUT2D eigenvalue weighted by Gasteiger charge is -2.17. The highest BCUT2D eigenvalue weighted by Gasteiger charge is 2.18. The van der Waals surface area contributed by atoms with Crippen LogP contribution in [0.2, 0.25) is 5.02 Å². The number of benzene rings is 3. The van der Waals surface area contributed by atoms with Crippen molar-refractivity contribution in [3.05, 3.63) is 70.7 Å². The molecule has 0 saturated heterocycles. The summed E-state index contributed by atoms with van der Waals surface area (Å²) in [6.07, 6.45) is 0.118. The zero-order valence-corrected chi connectivity index (χ0v) is 14.7.